The molecule has 0 amide bonds. The molecule has 3 rings (SSSR count). The highest BCUT2D eigenvalue weighted by Crippen LogP contribution is 2.19. The standard InChI is InChI=1S/C15H9BrN2O2/c16-11-6-4-10(5-7-11)14-18-13(15(19)20-14)9-12-3-1-2-8-17-12/h1-9H/b13-9+. The van der Waals surface area contributed by atoms with E-state index in [2.05, 4.69) is 25.9 Å². The van der Waals surface area contributed by atoms with Crippen molar-refractivity contribution in [3.05, 3.63) is 70.1 Å². The molecule has 2 heterocycles. The van der Waals surface area contributed by atoms with Crippen molar-refractivity contribution in [1.82, 2.24) is 4.98 Å². The molecule has 20 heavy (non-hydrogen) atoms. The quantitative estimate of drug-likeness (QED) is 0.628. The van der Waals surface area contributed by atoms with E-state index in [1.807, 2.05) is 36.4 Å². The summed E-state index contributed by atoms with van der Waals surface area (Å²) >= 11 is 3.35. The molecule has 2 aromatic rings. The highest BCUT2D eigenvalue weighted by molar-refractivity contribution is 9.10. The maximum Gasteiger partial charge on any atom is 0.363 e. The highest BCUT2D eigenvalue weighted by Gasteiger charge is 2.24. The number of carbonyl (C=O) groups excluding carboxylic acids is 1. The third-order valence-electron chi connectivity index (χ3n) is 2.68. The number of ether oxygens (including phenoxy) is 1. The zero-order chi connectivity index (χ0) is 13.9. The van der Waals surface area contributed by atoms with Gasteiger partial charge >= 0.3 is 5.97 Å². The van der Waals surface area contributed by atoms with Crippen LogP contribution in [0.2, 0.25) is 0 Å². The Labute approximate surface area is 124 Å². The summed E-state index contributed by atoms with van der Waals surface area (Å²) in [5, 5.41) is 0. The zero-order valence-corrected chi connectivity index (χ0v) is 11.9. The third kappa shape index (κ3) is 2.67. The van der Waals surface area contributed by atoms with E-state index in [1.165, 1.54) is 0 Å². The van der Waals surface area contributed by atoms with Crippen LogP contribution in [0.15, 0.2) is 63.8 Å². The second kappa shape index (κ2) is 5.38. The van der Waals surface area contributed by atoms with E-state index in [1.54, 1.807) is 18.3 Å². The molecule has 1 aliphatic heterocycles. The smallest absolute Gasteiger partial charge is 0.363 e. The monoisotopic (exact) mass is 328 g/mol. The number of nitrogens with zero attached hydrogens (tertiary/aromatic N) is 2. The number of cyclic esters (lactones) is 1. The molecule has 0 spiro atoms. The fourth-order valence-corrected chi connectivity index (χ4v) is 1.99. The lowest BCUT2D eigenvalue weighted by Crippen LogP contribution is -2.05. The number of carbonyl (C=O) groups is 1. The molecule has 4 nitrogen and oxygen atoms in total. The van der Waals surface area contributed by atoms with Gasteiger partial charge in [0, 0.05) is 16.2 Å². The molecular formula is C15H9BrN2O2. The molecule has 0 N–H and O–H groups in total. The van der Waals surface area contributed by atoms with Gasteiger partial charge in [0.25, 0.3) is 0 Å². The highest BCUT2D eigenvalue weighted by atomic mass is 79.9. The fourth-order valence-electron chi connectivity index (χ4n) is 1.73. The molecule has 1 aromatic heterocycles. The Kier molecular flexibility index (Phi) is 3.43. The van der Waals surface area contributed by atoms with Crippen LogP contribution in [0.4, 0.5) is 0 Å². The Bertz CT molecular complexity index is 706. The van der Waals surface area contributed by atoms with Crippen molar-refractivity contribution in [1.29, 1.82) is 0 Å². The summed E-state index contributed by atoms with van der Waals surface area (Å²) in [6.07, 6.45) is 3.26. The Morgan fingerprint density at radius 3 is 2.60 bits per heavy atom. The summed E-state index contributed by atoms with van der Waals surface area (Å²) < 4.78 is 6.13. The molecule has 1 aliphatic rings. The van der Waals surface area contributed by atoms with Gasteiger partial charge < -0.3 is 4.74 Å². The van der Waals surface area contributed by atoms with Crippen molar-refractivity contribution in [2.45, 2.75) is 0 Å². The third-order valence-corrected chi connectivity index (χ3v) is 3.21. The van der Waals surface area contributed by atoms with E-state index in [9.17, 15) is 4.79 Å². The Morgan fingerprint density at radius 2 is 1.90 bits per heavy atom. The molecule has 1 aromatic carbocycles. The number of benzene rings is 1. The molecule has 98 valence electrons. The van der Waals surface area contributed by atoms with Crippen molar-refractivity contribution >= 4 is 33.9 Å². The second-order valence-corrected chi connectivity index (χ2v) is 5.01. The van der Waals surface area contributed by atoms with Crippen LogP contribution in [0.1, 0.15) is 11.3 Å². The minimum Gasteiger partial charge on any atom is -0.402 e. The Morgan fingerprint density at radius 1 is 1.10 bits per heavy atom. The van der Waals surface area contributed by atoms with Gasteiger partial charge in [-0.3, -0.25) is 4.98 Å². The van der Waals surface area contributed by atoms with Crippen LogP contribution in [-0.4, -0.2) is 16.9 Å². The van der Waals surface area contributed by atoms with Crippen LogP contribution in [-0.2, 0) is 9.53 Å². The Hall–Kier alpha value is -2.27. The summed E-state index contributed by atoms with van der Waals surface area (Å²) in [5.74, 6) is -0.154. The van der Waals surface area contributed by atoms with Crippen molar-refractivity contribution in [2.24, 2.45) is 4.99 Å². The predicted molar refractivity (Wildman–Crippen MR) is 79.0 cm³/mol. The number of hydrogen-bond acceptors (Lipinski definition) is 4. The first-order valence-corrected chi connectivity index (χ1v) is 6.71. The zero-order valence-electron chi connectivity index (χ0n) is 10.3. The van der Waals surface area contributed by atoms with Gasteiger partial charge in [-0.05, 0) is 42.5 Å². The van der Waals surface area contributed by atoms with Crippen LogP contribution in [0.3, 0.4) is 0 Å². The van der Waals surface area contributed by atoms with E-state index in [4.69, 9.17) is 4.74 Å². The molecule has 0 saturated heterocycles. The summed E-state index contributed by atoms with van der Waals surface area (Å²) in [7, 11) is 0. The molecule has 0 aliphatic carbocycles. The lowest BCUT2D eigenvalue weighted by Gasteiger charge is -1.98. The maximum atomic E-state index is 11.8. The van der Waals surface area contributed by atoms with Gasteiger partial charge in [-0.2, -0.15) is 0 Å². The predicted octanol–water partition coefficient (Wildman–Crippen LogP) is 3.19. The first-order chi connectivity index (χ1) is 9.72. The topological polar surface area (TPSA) is 51.5 Å². The van der Waals surface area contributed by atoms with Crippen LogP contribution in [0.5, 0.6) is 0 Å². The second-order valence-electron chi connectivity index (χ2n) is 4.10. The molecule has 5 heteroatoms. The lowest BCUT2D eigenvalue weighted by atomic mass is 10.2. The summed E-state index contributed by atoms with van der Waals surface area (Å²) in [6.45, 7) is 0. The van der Waals surface area contributed by atoms with Crippen molar-refractivity contribution in [2.75, 3.05) is 0 Å². The number of aromatic nitrogens is 1. The minimum atomic E-state index is -0.464. The van der Waals surface area contributed by atoms with Crippen molar-refractivity contribution in [3.63, 3.8) is 0 Å². The normalized spacial score (nSPS) is 16.1. The van der Waals surface area contributed by atoms with E-state index in [0.29, 0.717) is 11.6 Å². The Balaban J connectivity index is 1.93. The molecule has 0 radical (unpaired) electrons. The van der Waals surface area contributed by atoms with Crippen LogP contribution >= 0.6 is 15.9 Å². The van der Waals surface area contributed by atoms with Crippen LogP contribution in [0.25, 0.3) is 6.08 Å². The SMILES string of the molecule is O=C1OC(c2ccc(Br)cc2)=N/C1=C/c1ccccn1. The summed E-state index contributed by atoms with van der Waals surface area (Å²) in [5.41, 5.74) is 1.67. The van der Waals surface area contributed by atoms with Gasteiger partial charge in [0.05, 0.1) is 5.69 Å². The molecule has 0 unspecified atom stereocenters. The molecule has 0 atom stereocenters. The van der Waals surface area contributed by atoms with Gasteiger partial charge in [0.15, 0.2) is 5.70 Å². The maximum absolute atomic E-state index is 11.8. The molecule has 0 bridgehead atoms. The number of aliphatic imine (C=N–C) groups is 1. The molecule has 0 fully saturated rings. The summed E-state index contributed by atoms with van der Waals surface area (Å²) in [6, 6.07) is 12.9. The first kappa shape index (κ1) is 12.7. The van der Waals surface area contributed by atoms with Gasteiger partial charge in [0.1, 0.15) is 0 Å². The first-order valence-electron chi connectivity index (χ1n) is 5.92. The number of halogens is 1. The fraction of sp³-hybridized carbons (Fsp3) is 0. The van der Waals surface area contributed by atoms with Gasteiger partial charge in [0.2, 0.25) is 5.90 Å². The van der Waals surface area contributed by atoms with Crippen molar-refractivity contribution in [3.8, 4) is 0 Å². The van der Waals surface area contributed by atoms with Crippen LogP contribution < -0.4 is 0 Å². The average molecular weight is 329 g/mol. The van der Waals surface area contributed by atoms with Gasteiger partial charge in [-0.15, -0.1) is 0 Å². The van der Waals surface area contributed by atoms with Gasteiger partial charge in [-0.1, -0.05) is 22.0 Å². The minimum absolute atomic E-state index is 0.251. The lowest BCUT2D eigenvalue weighted by molar-refractivity contribution is -0.129. The van der Waals surface area contributed by atoms with Crippen LogP contribution in [0, 0.1) is 0 Å². The van der Waals surface area contributed by atoms with Gasteiger partial charge in [-0.25, -0.2) is 9.79 Å². The van der Waals surface area contributed by atoms with E-state index < -0.39 is 5.97 Å². The van der Waals surface area contributed by atoms with E-state index in [-0.39, 0.29) is 5.70 Å². The number of esters is 1. The number of hydrogen-bond donors (Lipinski definition) is 0. The van der Waals surface area contributed by atoms with E-state index >= 15 is 0 Å². The number of pyridine rings is 1. The number of rotatable bonds is 2. The van der Waals surface area contributed by atoms with E-state index in [0.717, 1.165) is 10.0 Å². The largest absolute Gasteiger partial charge is 0.402 e. The molecular weight excluding hydrogens is 320 g/mol. The summed E-state index contributed by atoms with van der Waals surface area (Å²) in [4.78, 5) is 20.1. The average Bonchev–Trinajstić information content (AvgIpc) is 2.82. The van der Waals surface area contributed by atoms with Crippen molar-refractivity contribution < 1.29 is 9.53 Å². The molecule has 0 saturated carbocycles.